The fraction of sp³-hybridized carbons (Fsp3) is 0.429. The van der Waals surface area contributed by atoms with Gasteiger partial charge in [0.1, 0.15) is 0 Å². The number of carbonyl (C=O) groups is 2. The van der Waals surface area contributed by atoms with E-state index < -0.39 is 5.97 Å². The van der Waals surface area contributed by atoms with Gasteiger partial charge >= 0.3 is 12.0 Å². The van der Waals surface area contributed by atoms with Crippen molar-refractivity contribution in [2.24, 2.45) is 0 Å². The van der Waals surface area contributed by atoms with Crippen molar-refractivity contribution in [3.05, 3.63) is 28.8 Å². The first-order valence-electron chi connectivity index (χ1n) is 6.23. The smallest absolute Gasteiger partial charge is 0.336 e. The molecule has 1 aromatic carbocycles. The van der Waals surface area contributed by atoms with Gasteiger partial charge in [0.2, 0.25) is 0 Å². The number of carboxylic acids is 1. The zero-order valence-electron chi connectivity index (χ0n) is 11.8. The summed E-state index contributed by atoms with van der Waals surface area (Å²) in [4.78, 5) is 24.5. The maximum atomic E-state index is 11.8. The molecule has 0 fully saturated rings. The molecule has 104 valence electrons. The Morgan fingerprint density at radius 2 is 1.95 bits per heavy atom. The van der Waals surface area contributed by atoms with Crippen LogP contribution >= 0.6 is 0 Å². The highest BCUT2D eigenvalue weighted by Crippen LogP contribution is 2.20. The summed E-state index contributed by atoms with van der Waals surface area (Å²) in [6.45, 7) is 6.23. The molecule has 2 amide bonds. The molecule has 0 aliphatic heterocycles. The highest BCUT2D eigenvalue weighted by Gasteiger charge is 2.13. The molecule has 0 bridgehead atoms. The summed E-state index contributed by atoms with van der Waals surface area (Å²) in [6, 6.07) is 3.03. The maximum absolute atomic E-state index is 11.8. The molecule has 5 nitrogen and oxygen atoms in total. The van der Waals surface area contributed by atoms with E-state index in [4.69, 9.17) is 5.11 Å². The molecule has 5 heteroatoms. The van der Waals surface area contributed by atoms with Gasteiger partial charge in [0.15, 0.2) is 0 Å². The molecular weight excluding hydrogens is 244 g/mol. The van der Waals surface area contributed by atoms with E-state index in [9.17, 15) is 9.59 Å². The van der Waals surface area contributed by atoms with E-state index in [1.807, 2.05) is 13.8 Å². The third kappa shape index (κ3) is 3.71. The number of hydrogen-bond donors (Lipinski definition) is 2. The average molecular weight is 264 g/mol. The van der Waals surface area contributed by atoms with Gasteiger partial charge in [0, 0.05) is 19.3 Å². The van der Waals surface area contributed by atoms with E-state index in [1.54, 1.807) is 24.9 Å². The number of amides is 2. The Bertz CT molecular complexity index is 498. The molecule has 0 atom stereocenters. The summed E-state index contributed by atoms with van der Waals surface area (Å²) in [5, 5.41) is 11.8. The molecule has 1 aromatic rings. The molecule has 19 heavy (non-hydrogen) atoms. The number of rotatable bonds is 4. The Morgan fingerprint density at radius 3 is 2.47 bits per heavy atom. The normalized spacial score (nSPS) is 10.1. The van der Waals surface area contributed by atoms with Crippen molar-refractivity contribution in [3.63, 3.8) is 0 Å². The average Bonchev–Trinajstić information content (AvgIpc) is 2.33. The van der Waals surface area contributed by atoms with Gasteiger partial charge in [0.05, 0.1) is 5.56 Å². The first-order chi connectivity index (χ1) is 8.86. The Morgan fingerprint density at radius 1 is 1.32 bits per heavy atom. The molecule has 0 aromatic heterocycles. The van der Waals surface area contributed by atoms with Crippen LogP contribution in [0.25, 0.3) is 0 Å². The summed E-state index contributed by atoms with van der Waals surface area (Å²) in [5.41, 5.74) is 2.28. The first kappa shape index (κ1) is 15.0. The van der Waals surface area contributed by atoms with Crippen molar-refractivity contribution in [1.82, 2.24) is 4.90 Å². The number of carbonyl (C=O) groups excluding carboxylic acids is 1. The van der Waals surface area contributed by atoms with Crippen LogP contribution in [-0.2, 0) is 0 Å². The third-order valence-corrected chi connectivity index (χ3v) is 3.05. The summed E-state index contributed by atoms with van der Waals surface area (Å²) in [6.07, 6.45) is 0.872. The Labute approximate surface area is 113 Å². The fourth-order valence-electron chi connectivity index (χ4n) is 1.81. The van der Waals surface area contributed by atoms with Crippen molar-refractivity contribution >= 4 is 17.7 Å². The van der Waals surface area contributed by atoms with E-state index in [2.05, 4.69) is 5.32 Å². The van der Waals surface area contributed by atoms with E-state index in [0.717, 1.165) is 12.0 Å². The number of nitrogens with zero attached hydrogens (tertiary/aromatic N) is 1. The van der Waals surface area contributed by atoms with Crippen LogP contribution < -0.4 is 5.32 Å². The van der Waals surface area contributed by atoms with E-state index >= 15 is 0 Å². The second-order valence-corrected chi connectivity index (χ2v) is 4.62. The predicted octanol–water partition coefficient (Wildman–Crippen LogP) is 2.88. The van der Waals surface area contributed by atoms with Crippen molar-refractivity contribution in [1.29, 1.82) is 0 Å². The van der Waals surface area contributed by atoms with Crippen LogP contribution in [0.1, 0.15) is 34.8 Å². The minimum absolute atomic E-state index is 0.216. The number of aryl methyl sites for hydroxylation is 1. The second kappa shape index (κ2) is 6.22. The molecule has 0 saturated carbocycles. The topological polar surface area (TPSA) is 69.6 Å². The first-order valence-corrected chi connectivity index (χ1v) is 6.23. The lowest BCUT2D eigenvalue weighted by atomic mass is 10.0. The van der Waals surface area contributed by atoms with Gasteiger partial charge in [-0.2, -0.15) is 0 Å². The number of nitrogens with one attached hydrogen (secondary N) is 1. The minimum Gasteiger partial charge on any atom is -0.478 e. The van der Waals surface area contributed by atoms with Gasteiger partial charge in [-0.05, 0) is 43.5 Å². The molecule has 0 aliphatic carbocycles. The molecule has 0 heterocycles. The van der Waals surface area contributed by atoms with Crippen molar-refractivity contribution in [2.75, 3.05) is 18.9 Å². The minimum atomic E-state index is -0.987. The molecule has 0 radical (unpaired) electrons. The molecule has 0 unspecified atom stereocenters. The lowest BCUT2D eigenvalue weighted by Gasteiger charge is -2.18. The van der Waals surface area contributed by atoms with Crippen LogP contribution in [0.15, 0.2) is 12.1 Å². The Kier molecular flexibility index (Phi) is 4.92. The van der Waals surface area contributed by atoms with Crippen LogP contribution in [0, 0.1) is 13.8 Å². The number of aromatic carboxylic acids is 1. The largest absolute Gasteiger partial charge is 0.478 e. The maximum Gasteiger partial charge on any atom is 0.336 e. The van der Waals surface area contributed by atoms with Crippen LogP contribution in [0.5, 0.6) is 0 Å². The van der Waals surface area contributed by atoms with Gasteiger partial charge in [-0.1, -0.05) is 6.92 Å². The Hall–Kier alpha value is -2.04. The summed E-state index contributed by atoms with van der Waals surface area (Å²) >= 11 is 0. The van der Waals surface area contributed by atoms with Crippen LogP contribution in [0.4, 0.5) is 10.5 Å². The lowest BCUT2D eigenvalue weighted by Crippen LogP contribution is -2.32. The number of benzene rings is 1. The van der Waals surface area contributed by atoms with Gasteiger partial charge in [0.25, 0.3) is 0 Å². The standard InChI is InChI=1S/C14H20N2O3/c1-5-6-16(4)14(19)15-11-7-9(2)10(3)12(8-11)13(17)18/h7-8H,5-6H2,1-4H3,(H,15,19)(H,17,18). The van der Waals surface area contributed by atoms with Gasteiger partial charge < -0.3 is 15.3 Å². The van der Waals surface area contributed by atoms with Crippen molar-refractivity contribution < 1.29 is 14.7 Å². The van der Waals surface area contributed by atoms with E-state index in [0.29, 0.717) is 17.8 Å². The molecule has 2 N–H and O–H groups in total. The monoisotopic (exact) mass is 264 g/mol. The predicted molar refractivity (Wildman–Crippen MR) is 74.8 cm³/mol. The van der Waals surface area contributed by atoms with Crippen molar-refractivity contribution in [3.8, 4) is 0 Å². The highest BCUT2D eigenvalue weighted by molar-refractivity contribution is 5.94. The number of anilines is 1. The quantitative estimate of drug-likeness (QED) is 0.878. The molecule has 0 saturated heterocycles. The number of urea groups is 1. The summed E-state index contributed by atoms with van der Waals surface area (Å²) in [5.74, 6) is -0.987. The number of carboxylic acid groups (broad SMARTS) is 1. The van der Waals surface area contributed by atoms with Gasteiger partial charge in [-0.15, -0.1) is 0 Å². The second-order valence-electron chi connectivity index (χ2n) is 4.62. The summed E-state index contributed by atoms with van der Waals surface area (Å²) < 4.78 is 0. The summed E-state index contributed by atoms with van der Waals surface area (Å²) in [7, 11) is 1.71. The SMILES string of the molecule is CCCN(C)C(=O)Nc1cc(C)c(C)c(C(=O)O)c1. The number of hydrogen-bond acceptors (Lipinski definition) is 2. The fourth-order valence-corrected chi connectivity index (χ4v) is 1.81. The van der Waals surface area contributed by atoms with Crippen LogP contribution in [0.3, 0.4) is 0 Å². The third-order valence-electron chi connectivity index (χ3n) is 3.05. The molecule has 0 spiro atoms. The zero-order valence-corrected chi connectivity index (χ0v) is 11.8. The highest BCUT2D eigenvalue weighted by atomic mass is 16.4. The van der Waals surface area contributed by atoms with E-state index in [-0.39, 0.29) is 11.6 Å². The van der Waals surface area contributed by atoms with E-state index in [1.165, 1.54) is 6.07 Å². The molecule has 0 aliphatic rings. The molecular formula is C14H20N2O3. The van der Waals surface area contributed by atoms with Gasteiger partial charge in [-0.25, -0.2) is 9.59 Å². The Balaban J connectivity index is 2.97. The van der Waals surface area contributed by atoms with Crippen LogP contribution in [0.2, 0.25) is 0 Å². The molecule has 1 rings (SSSR count). The lowest BCUT2D eigenvalue weighted by molar-refractivity contribution is 0.0696. The zero-order chi connectivity index (χ0) is 14.6. The van der Waals surface area contributed by atoms with Crippen LogP contribution in [-0.4, -0.2) is 35.6 Å². The van der Waals surface area contributed by atoms with Crippen molar-refractivity contribution in [2.45, 2.75) is 27.2 Å². The van der Waals surface area contributed by atoms with Gasteiger partial charge in [-0.3, -0.25) is 0 Å².